The lowest BCUT2D eigenvalue weighted by Gasteiger charge is -2.24. The van der Waals surface area contributed by atoms with E-state index in [0.717, 1.165) is 39.3 Å². The van der Waals surface area contributed by atoms with Crippen LogP contribution >= 0.6 is 15.9 Å². The Bertz CT molecular complexity index is 1440. The molecule has 0 fully saturated rings. The lowest BCUT2D eigenvalue weighted by atomic mass is 10.00. The van der Waals surface area contributed by atoms with Gasteiger partial charge < -0.3 is 14.4 Å². The average molecular weight is 583 g/mol. The van der Waals surface area contributed by atoms with Gasteiger partial charge in [-0.2, -0.15) is 5.10 Å². The first-order valence-electron chi connectivity index (χ1n) is 12.6. The molecular formula is C30H33BrFN3O3. The minimum absolute atomic E-state index is 0.333. The van der Waals surface area contributed by atoms with E-state index in [1.165, 1.54) is 6.07 Å². The van der Waals surface area contributed by atoms with Gasteiger partial charge in [-0.1, -0.05) is 40.2 Å². The number of unbranched alkanes of at least 4 members (excludes halogenated alkanes) is 1. The maximum absolute atomic E-state index is 15.4. The number of aryl methyl sites for hydroxylation is 1. The van der Waals surface area contributed by atoms with E-state index >= 15 is 4.39 Å². The number of amides is 1. The second-order valence-electron chi connectivity index (χ2n) is 10.3. The zero-order valence-electron chi connectivity index (χ0n) is 22.4. The van der Waals surface area contributed by atoms with Gasteiger partial charge >= 0.3 is 6.09 Å². The zero-order chi connectivity index (χ0) is 27.4. The molecular weight excluding hydrogens is 549 g/mol. The number of nitrogens with zero attached hydrogens (tertiary/aromatic N) is 3. The number of hydrogen-bond acceptors (Lipinski definition) is 4. The van der Waals surface area contributed by atoms with Crippen LogP contribution in [0.5, 0.6) is 5.75 Å². The Kier molecular flexibility index (Phi) is 8.41. The molecule has 0 unspecified atom stereocenters. The predicted molar refractivity (Wildman–Crippen MR) is 153 cm³/mol. The Morgan fingerprint density at radius 1 is 1.05 bits per heavy atom. The number of aromatic nitrogens is 2. The summed E-state index contributed by atoms with van der Waals surface area (Å²) in [6, 6.07) is 18.7. The van der Waals surface area contributed by atoms with Gasteiger partial charge in [0.1, 0.15) is 22.9 Å². The van der Waals surface area contributed by atoms with Crippen molar-refractivity contribution < 1.29 is 18.7 Å². The molecule has 0 aliphatic carbocycles. The fraction of sp³-hybridized carbons (Fsp3) is 0.333. The second kappa shape index (κ2) is 11.6. The van der Waals surface area contributed by atoms with Gasteiger partial charge in [0.15, 0.2) is 0 Å². The molecule has 4 rings (SSSR count). The monoisotopic (exact) mass is 581 g/mol. The summed E-state index contributed by atoms with van der Waals surface area (Å²) in [6.45, 7) is 6.61. The molecule has 6 nitrogen and oxygen atoms in total. The lowest BCUT2D eigenvalue weighted by molar-refractivity contribution is 0.0294. The van der Waals surface area contributed by atoms with Gasteiger partial charge in [-0.3, -0.25) is 4.68 Å². The number of rotatable bonds is 8. The number of hydrogen-bond donors (Lipinski definition) is 0. The molecule has 200 valence electrons. The molecule has 0 spiro atoms. The van der Waals surface area contributed by atoms with Gasteiger partial charge in [0.05, 0.1) is 12.1 Å². The standard InChI is InChI=1S/C30H33BrFN3O3/c1-30(2,3)38-29(36)34(4)16-8-9-17-37-27-11-7-6-10-22(27)20-12-14-23(25(32)18-20)28-24-19-21(31)13-15-26(24)35(5)33-28/h6-7,10-15,18-19H,8-9,16-17H2,1-5H3. The third kappa shape index (κ3) is 6.54. The van der Waals surface area contributed by atoms with Gasteiger partial charge in [0.2, 0.25) is 0 Å². The third-order valence-electron chi connectivity index (χ3n) is 6.09. The van der Waals surface area contributed by atoms with Crippen molar-refractivity contribution in [1.29, 1.82) is 0 Å². The molecule has 4 aromatic rings. The number of para-hydroxylation sites is 1. The summed E-state index contributed by atoms with van der Waals surface area (Å²) >= 11 is 3.50. The minimum Gasteiger partial charge on any atom is -0.493 e. The number of carbonyl (C=O) groups is 1. The molecule has 1 aromatic heterocycles. The fourth-order valence-corrected chi connectivity index (χ4v) is 4.57. The molecule has 1 amide bonds. The molecule has 3 aromatic carbocycles. The Morgan fingerprint density at radius 2 is 1.82 bits per heavy atom. The van der Waals surface area contributed by atoms with Crippen molar-refractivity contribution in [2.45, 2.75) is 39.2 Å². The largest absolute Gasteiger partial charge is 0.493 e. The smallest absolute Gasteiger partial charge is 0.410 e. The van der Waals surface area contributed by atoms with Crippen LogP contribution in [0.2, 0.25) is 0 Å². The first-order chi connectivity index (χ1) is 18.0. The van der Waals surface area contributed by atoms with Crippen LogP contribution in [-0.2, 0) is 11.8 Å². The summed E-state index contributed by atoms with van der Waals surface area (Å²) in [7, 11) is 3.59. The van der Waals surface area contributed by atoms with Crippen molar-refractivity contribution in [2.75, 3.05) is 20.2 Å². The van der Waals surface area contributed by atoms with Crippen molar-refractivity contribution in [2.24, 2.45) is 7.05 Å². The Hall–Kier alpha value is -3.39. The van der Waals surface area contributed by atoms with Crippen LogP contribution < -0.4 is 4.74 Å². The summed E-state index contributed by atoms with van der Waals surface area (Å²) in [5.41, 5.74) is 3.02. The molecule has 0 N–H and O–H groups in total. The number of benzene rings is 3. The van der Waals surface area contributed by atoms with Crippen molar-refractivity contribution >= 4 is 32.9 Å². The van der Waals surface area contributed by atoms with Gasteiger partial charge in [0, 0.05) is 41.6 Å². The van der Waals surface area contributed by atoms with E-state index in [1.807, 2.05) is 76.3 Å². The minimum atomic E-state index is -0.515. The van der Waals surface area contributed by atoms with Crippen LogP contribution in [0, 0.1) is 5.82 Å². The number of carbonyl (C=O) groups excluding carboxylic acids is 1. The van der Waals surface area contributed by atoms with E-state index < -0.39 is 5.60 Å². The highest BCUT2D eigenvalue weighted by atomic mass is 79.9. The molecule has 0 radical (unpaired) electrons. The summed E-state index contributed by atoms with van der Waals surface area (Å²) in [6.07, 6.45) is 1.20. The normalized spacial score (nSPS) is 11.6. The van der Waals surface area contributed by atoms with Crippen molar-refractivity contribution in [1.82, 2.24) is 14.7 Å². The molecule has 0 saturated heterocycles. The average Bonchev–Trinajstić information content (AvgIpc) is 3.18. The predicted octanol–water partition coefficient (Wildman–Crippen LogP) is 7.83. The number of ether oxygens (including phenoxy) is 2. The van der Waals surface area contributed by atoms with E-state index in [-0.39, 0.29) is 11.9 Å². The topological polar surface area (TPSA) is 56.6 Å². The highest BCUT2D eigenvalue weighted by Crippen LogP contribution is 2.35. The fourth-order valence-electron chi connectivity index (χ4n) is 4.21. The van der Waals surface area contributed by atoms with Gasteiger partial charge in [-0.15, -0.1) is 0 Å². The first-order valence-corrected chi connectivity index (χ1v) is 13.4. The summed E-state index contributed by atoms with van der Waals surface area (Å²) in [5, 5.41) is 5.46. The molecule has 0 bridgehead atoms. The lowest BCUT2D eigenvalue weighted by Crippen LogP contribution is -2.34. The van der Waals surface area contributed by atoms with E-state index in [9.17, 15) is 4.79 Å². The molecule has 0 aliphatic heterocycles. The molecule has 0 atom stereocenters. The summed E-state index contributed by atoms with van der Waals surface area (Å²) in [4.78, 5) is 13.7. The van der Waals surface area contributed by atoms with Crippen LogP contribution in [-0.4, -0.2) is 46.6 Å². The Labute approximate surface area is 231 Å². The quantitative estimate of drug-likeness (QED) is 0.199. The van der Waals surface area contributed by atoms with Crippen molar-refractivity contribution in [3.63, 3.8) is 0 Å². The maximum Gasteiger partial charge on any atom is 0.410 e. The van der Waals surface area contributed by atoms with Crippen LogP contribution in [0.25, 0.3) is 33.3 Å². The highest BCUT2D eigenvalue weighted by molar-refractivity contribution is 9.10. The first kappa shape index (κ1) is 27.6. The van der Waals surface area contributed by atoms with Crippen molar-refractivity contribution in [3.05, 3.63) is 71.0 Å². The van der Waals surface area contributed by atoms with E-state index in [1.54, 1.807) is 22.7 Å². The molecule has 0 aliphatic rings. The van der Waals surface area contributed by atoms with E-state index in [2.05, 4.69) is 21.0 Å². The summed E-state index contributed by atoms with van der Waals surface area (Å²) < 4.78 is 29.6. The van der Waals surface area contributed by atoms with Crippen LogP contribution in [0.3, 0.4) is 0 Å². The molecule has 1 heterocycles. The van der Waals surface area contributed by atoms with Gasteiger partial charge in [-0.05, 0) is 75.6 Å². The Morgan fingerprint density at radius 3 is 2.55 bits per heavy atom. The third-order valence-corrected chi connectivity index (χ3v) is 6.58. The van der Waals surface area contributed by atoms with Crippen molar-refractivity contribution in [3.8, 4) is 28.1 Å². The van der Waals surface area contributed by atoms with Crippen LogP contribution in [0.15, 0.2) is 65.1 Å². The van der Waals surface area contributed by atoms with Gasteiger partial charge in [-0.25, -0.2) is 9.18 Å². The Balaban J connectivity index is 1.43. The van der Waals surface area contributed by atoms with Crippen LogP contribution in [0.4, 0.5) is 9.18 Å². The molecule has 8 heteroatoms. The maximum atomic E-state index is 15.4. The number of halogens is 2. The molecule has 38 heavy (non-hydrogen) atoms. The summed E-state index contributed by atoms with van der Waals surface area (Å²) in [5.74, 6) is 0.342. The van der Waals surface area contributed by atoms with Gasteiger partial charge in [0.25, 0.3) is 0 Å². The second-order valence-corrected chi connectivity index (χ2v) is 11.2. The van der Waals surface area contributed by atoms with Crippen LogP contribution in [0.1, 0.15) is 33.6 Å². The zero-order valence-corrected chi connectivity index (χ0v) is 24.0. The van der Waals surface area contributed by atoms with E-state index in [4.69, 9.17) is 9.47 Å². The highest BCUT2D eigenvalue weighted by Gasteiger charge is 2.19. The van der Waals surface area contributed by atoms with E-state index in [0.29, 0.717) is 30.2 Å². The SMILES string of the molecule is CN(CCCCOc1ccccc1-c1ccc(-c2nn(C)c3ccc(Br)cc23)c(F)c1)C(=O)OC(C)(C)C. The molecule has 0 saturated carbocycles. The number of fused-ring (bicyclic) bond motifs is 1.